The smallest absolute Gasteiger partial charge is 0.0736 e. The third-order valence-electron chi connectivity index (χ3n) is 4.20. The van der Waals surface area contributed by atoms with Gasteiger partial charge in [-0.1, -0.05) is 48.5 Å². The highest BCUT2D eigenvalue weighted by Gasteiger charge is 2.26. The molecule has 100 valence electrons. The van der Waals surface area contributed by atoms with Gasteiger partial charge in [0.25, 0.3) is 0 Å². The lowest BCUT2D eigenvalue weighted by atomic mass is 9.95. The summed E-state index contributed by atoms with van der Waals surface area (Å²) in [5, 5.41) is 1.34. The average Bonchev–Trinajstić information content (AvgIpc) is 2.82. The normalized spacial score (nSPS) is 18.1. The van der Waals surface area contributed by atoms with Crippen LogP contribution in [0.1, 0.15) is 22.9 Å². The first-order valence-electron chi connectivity index (χ1n) is 6.96. The molecule has 1 aliphatic heterocycles. The number of nitrogens with zero attached hydrogens (tertiary/aromatic N) is 1. The number of hydrazine groups is 1. The summed E-state index contributed by atoms with van der Waals surface area (Å²) in [4.78, 5) is 0. The van der Waals surface area contributed by atoms with Gasteiger partial charge in [-0.2, -0.15) is 0 Å². The molecule has 0 spiro atoms. The van der Waals surface area contributed by atoms with E-state index in [2.05, 4.69) is 77.1 Å². The first kappa shape index (κ1) is 11.7. The lowest BCUT2D eigenvalue weighted by Gasteiger charge is -2.26. The second kappa shape index (κ2) is 4.47. The summed E-state index contributed by atoms with van der Waals surface area (Å²) in [6.45, 7) is 0.851. The van der Waals surface area contributed by atoms with Crippen molar-refractivity contribution in [1.29, 1.82) is 0 Å². The van der Waals surface area contributed by atoms with E-state index in [9.17, 15) is 0 Å². The van der Waals surface area contributed by atoms with Crippen molar-refractivity contribution in [1.82, 2.24) is 15.4 Å². The van der Waals surface area contributed by atoms with Gasteiger partial charge >= 0.3 is 0 Å². The number of hydrogen-bond donors (Lipinski definition) is 2. The lowest BCUT2D eigenvalue weighted by Crippen LogP contribution is -2.40. The van der Waals surface area contributed by atoms with Crippen molar-refractivity contribution in [2.45, 2.75) is 12.6 Å². The minimum absolute atomic E-state index is 0.200. The van der Waals surface area contributed by atoms with Gasteiger partial charge in [-0.25, -0.2) is 5.43 Å². The van der Waals surface area contributed by atoms with E-state index < -0.39 is 0 Å². The second-order valence-corrected chi connectivity index (χ2v) is 5.28. The van der Waals surface area contributed by atoms with E-state index in [1.54, 1.807) is 0 Å². The standard InChI is InChI=1S/C17H17N3/c1-20-14-10-6-5-9-13(14)16-15(20)11-18-19-17(16)12-7-3-2-4-8-12/h2-10,17-19H,11H2,1H3. The third-order valence-corrected chi connectivity index (χ3v) is 4.20. The molecule has 0 radical (unpaired) electrons. The Morgan fingerprint density at radius 1 is 1.00 bits per heavy atom. The van der Waals surface area contributed by atoms with Crippen LogP contribution >= 0.6 is 0 Å². The fourth-order valence-corrected chi connectivity index (χ4v) is 3.22. The quantitative estimate of drug-likeness (QED) is 0.707. The molecule has 3 aromatic rings. The van der Waals surface area contributed by atoms with Crippen LogP contribution in [0.15, 0.2) is 54.6 Å². The van der Waals surface area contributed by atoms with E-state index in [0.717, 1.165) is 6.54 Å². The predicted molar refractivity (Wildman–Crippen MR) is 81.2 cm³/mol. The molecular weight excluding hydrogens is 246 g/mol. The SMILES string of the molecule is Cn1c2c(c3ccccc31)C(c1ccccc1)NNC2. The molecule has 1 aliphatic rings. The summed E-state index contributed by atoms with van der Waals surface area (Å²) in [6.07, 6.45) is 0. The summed E-state index contributed by atoms with van der Waals surface area (Å²) in [7, 11) is 2.15. The van der Waals surface area contributed by atoms with Gasteiger partial charge in [-0.15, -0.1) is 0 Å². The zero-order valence-electron chi connectivity index (χ0n) is 11.4. The van der Waals surface area contributed by atoms with E-state index in [1.807, 2.05) is 0 Å². The van der Waals surface area contributed by atoms with Crippen molar-refractivity contribution in [3.63, 3.8) is 0 Å². The van der Waals surface area contributed by atoms with Crippen LogP contribution in [0.4, 0.5) is 0 Å². The molecule has 20 heavy (non-hydrogen) atoms. The zero-order chi connectivity index (χ0) is 13.5. The van der Waals surface area contributed by atoms with Gasteiger partial charge in [0.2, 0.25) is 0 Å². The molecule has 2 N–H and O–H groups in total. The molecule has 0 aliphatic carbocycles. The summed E-state index contributed by atoms with van der Waals surface area (Å²) in [6, 6.07) is 19.4. The second-order valence-electron chi connectivity index (χ2n) is 5.28. The Morgan fingerprint density at radius 3 is 2.60 bits per heavy atom. The van der Waals surface area contributed by atoms with Crippen molar-refractivity contribution < 1.29 is 0 Å². The van der Waals surface area contributed by atoms with Crippen LogP contribution in [0.2, 0.25) is 0 Å². The predicted octanol–water partition coefficient (Wildman–Crippen LogP) is 2.88. The van der Waals surface area contributed by atoms with Crippen molar-refractivity contribution >= 4 is 10.9 Å². The highest BCUT2D eigenvalue weighted by Crippen LogP contribution is 2.35. The molecule has 4 rings (SSSR count). The number of aryl methyl sites for hydroxylation is 1. The largest absolute Gasteiger partial charge is 0.346 e. The van der Waals surface area contributed by atoms with E-state index in [-0.39, 0.29) is 6.04 Å². The minimum Gasteiger partial charge on any atom is -0.346 e. The molecule has 0 bridgehead atoms. The van der Waals surface area contributed by atoms with Crippen LogP contribution in [0, 0.1) is 0 Å². The van der Waals surface area contributed by atoms with Crippen molar-refractivity contribution in [2.24, 2.45) is 7.05 Å². The summed E-state index contributed by atoms with van der Waals surface area (Å²) >= 11 is 0. The fraction of sp³-hybridized carbons (Fsp3) is 0.176. The van der Waals surface area contributed by atoms with Crippen LogP contribution < -0.4 is 10.9 Å². The van der Waals surface area contributed by atoms with Gasteiger partial charge in [-0.05, 0) is 11.6 Å². The van der Waals surface area contributed by atoms with E-state index in [1.165, 1.54) is 27.7 Å². The first-order valence-corrected chi connectivity index (χ1v) is 6.96. The highest BCUT2D eigenvalue weighted by atomic mass is 15.4. The van der Waals surface area contributed by atoms with Crippen LogP contribution in [0.25, 0.3) is 10.9 Å². The fourth-order valence-electron chi connectivity index (χ4n) is 3.22. The number of hydrogen-bond acceptors (Lipinski definition) is 2. The van der Waals surface area contributed by atoms with Crippen LogP contribution in [-0.2, 0) is 13.6 Å². The number of aromatic nitrogens is 1. The van der Waals surface area contributed by atoms with E-state index in [4.69, 9.17) is 0 Å². The Balaban J connectivity index is 1.99. The molecule has 0 amide bonds. The maximum atomic E-state index is 3.43. The Hall–Kier alpha value is -2.10. The van der Waals surface area contributed by atoms with Crippen LogP contribution in [0.5, 0.6) is 0 Å². The maximum absolute atomic E-state index is 3.43. The van der Waals surface area contributed by atoms with Gasteiger partial charge in [0.15, 0.2) is 0 Å². The molecule has 3 heteroatoms. The molecule has 1 atom stereocenters. The number of nitrogens with one attached hydrogen (secondary N) is 2. The topological polar surface area (TPSA) is 29.0 Å². The molecule has 1 aromatic heterocycles. The van der Waals surface area contributed by atoms with Gasteiger partial charge in [0.1, 0.15) is 0 Å². The molecule has 0 saturated heterocycles. The Bertz CT molecular complexity index is 759. The van der Waals surface area contributed by atoms with Crippen LogP contribution in [0.3, 0.4) is 0 Å². The summed E-state index contributed by atoms with van der Waals surface area (Å²) < 4.78 is 2.30. The van der Waals surface area contributed by atoms with Gasteiger partial charge < -0.3 is 4.57 Å². The Morgan fingerprint density at radius 2 is 1.75 bits per heavy atom. The van der Waals surface area contributed by atoms with Crippen molar-refractivity contribution in [2.75, 3.05) is 0 Å². The summed E-state index contributed by atoms with van der Waals surface area (Å²) in [5.74, 6) is 0. The van der Waals surface area contributed by atoms with E-state index in [0.29, 0.717) is 0 Å². The molecule has 2 heterocycles. The molecule has 2 aromatic carbocycles. The third kappa shape index (κ3) is 1.60. The van der Waals surface area contributed by atoms with Crippen molar-refractivity contribution in [3.05, 3.63) is 71.4 Å². The monoisotopic (exact) mass is 263 g/mol. The zero-order valence-corrected chi connectivity index (χ0v) is 11.4. The van der Waals surface area contributed by atoms with Crippen LogP contribution in [-0.4, -0.2) is 4.57 Å². The molecule has 1 unspecified atom stereocenters. The molecule has 0 saturated carbocycles. The highest BCUT2D eigenvalue weighted by molar-refractivity contribution is 5.86. The van der Waals surface area contributed by atoms with Gasteiger partial charge in [0, 0.05) is 29.2 Å². The van der Waals surface area contributed by atoms with Gasteiger partial charge in [0.05, 0.1) is 12.6 Å². The number of para-hydroxylation sites is 1. The first-order chi connectivity index (χ1) is 9.86. The molecule has 3 nitrogen and oxygen atoms in total. The van der Waals surface area contributed by atoms with Gasteiger partial charge in [-0.3, -0.25) is 5.43 Å². The Labute approximate surface area is 118 Å². The lowest BCUT2D eigenvalue weighted by molar-refractivity contribution is 0.437. The minimum atomic E-state index is 0.200. The molecule has 0 fully saturated rings. The maximum Gasteiger partial charge on any atom is 0.0736 e. The number of rotatable bonds is 1. The average molecular weight is 263 g/mol. The summed E-state index contributed by atoms with van der Waals surface area (Å²) in [5.41, 5.74) is 12.1. The van der Waals surface area contributed by atoms with E-state index >= 15 is 0 Å². The molecular formula is C17H17N3. The number of benzene rings is 2. The van der Waals surface area contributed by atoms with Crippen molar-refractivity contribution in [3.8, 4) is 0 Å². The number of fused-ring (bicyclic) bond motifs is 3. The Kier molecular flexibility index (Phi) is 2.62.